The van der Waals surface area contributed by atoms with Crippen LogP contribution in [0.4, 0.5) is 0 Å². The molecule has 2 heteroatoms. The highest BCUT2D eigenvalue weighted by molar-refractivity contribution is 5.94. The van der Waals surface area contributed by atoms with Crippen LogP contribution in [0.25, 0.3) is 0 Å². The molecule has 4 rings (SSSR count). The van der Waals surface area contributed by atoms with Gasteiger partial charge in [0.05, 0.1) is 6.61 Å². The predicted molar refractivity (Wildman–Crippen MR) is 58.8 cm³/mol. The molecule has 1 saturated heterocycles. The van der Waals surface area contributed by atoms with Crippen LogP contribution in [-0.2, 0) is 14.9 Å². The SMILES string of the molecule is O=C1OCC23CC=CC2C13c1ccccc1. The predicted octanol–water partition coefficient (Wildman–Crippen LogP) is 2.06. The molecule has 80 valence electrons. The van der Waals surface area contributed by atoms with E-state index in [-0.39, 0.29) is 16.8 Å². The van der Waals surface area contributed by atoms with Gasteiger partial charge in [-0.15, -0.1) is 0 Å². The second kappa shape index (κ2) is 2.40. The summed E-state index contributed by atoms with van der Waals surface area (Å²) in [4.78, 5) is 12.1. The number of carbonyl (C=O) groups excluding carboxylic acids is 1. The van der Waals surface area contributed by atoms with Crippen molar-refractivity contribution in [2.45, 2.75) is 11.8 Å². The summed E-state index contributed by atoms with van der Waals surface area (Å²) in [6, 6.07) is 10.1. The first-order valence-corrected chi connectivity index (χ1v) is 5.72. The summed E-state index contributed by atoms with van der Waals surface area (Å²) in [5.41, 5.74) is 0.848. The van der Waals surface area contributed by atoms with E-state index in [4.69, 9.17) is 4.74 Å². The highest BCUT2D eigenvalue weighted by Crippen LogP contribution is 2.77. The molecule has 0 radical (unpaired) electrons. The van der Waals surface area contributed by atoms with E-state index in [0.717, 1.165) is 12.0 Å². The van der Waals surface area contributed by atoms with Gasteiger partial charge in [0, 0.05) is 11.3 Å². The number of rotatable bonds is 1. The Hall–Kier alpha value is -1.57. The Kier molecular flexibility index (Phi) is 1.28. The Balaban J connectivity index is 1.93. The lowest BCUT2D eigenvalue weighted by Crippen LogP contribution is -2.23. The van der Waals surface area contributed by atoms with Gasteiger partial charge in [0.2, 0.25) is 0 Å². The molecule has 1 aromatic carbocycles. The fraction of sp³-hybridized carbons (Fsp3) is 0.357. The molecular weight excluding hydrogens is 200 g/mol. The summed E-state index contributed by atoms with van der Waals surface area (Å²) < 4.78 is 5.30. The van der Waals surface area contributed by atoms with Gasteiger partial charge in [0.1, 0.15) is 5.41 Å². The van der Waals surface area contributed by atoms with Crippen molar-refractivity contribution < 1.29 is 9.53 Å². The normalized spacial score (nSPS) is 42.8. The molecule has 0 aromatic heterocycles. The summed E-state index contributed by atoms with van der Waals surface area (Å²) in [5, 5.41) is 0. The maximum Gasteiger partial charge on any atom is 0.317 e. The molecule has 1 aliphatic heterocycles. The number of esters is 1. The van der Waals surface area contributed by atoms with Crippen LogP contribution in [0.2, 0.25) is 0 Å². The van der Waals surface area contributed by atoms with E-state index in [1.807, 2.05) is 18.2 Å². The van der Waals surface area contributed by atoms with Crippen LogP contribution in [0, 0.1) is 11.3 Å². The highest BCUT2D eigenvalue weighted by Gasteiger charge is 2.85. The van der Waals surface area contributed by atoms with Crippen LogP contribution in [0.15, 0.2) is 42.5 Å². The monoisotopic (exact) mass is 212 g/mol. The van der Waals surface area contributed by atoms with Crippen molar-refractivity contribution in [1.82, 2.24) is 0 Å². The maximum atomic E-state index is 12.1. The number of ether oxygens (including phenoxy) is 1. The van der Waals surface area contributed by atoms with E-state index < -0.39 is 0 Å². The second-order valence-electron chi connectivity index (χ2n) is 5.02. The van der Waals surface area contributed by atoms with E-state index in [1.54, 1.807) is 0 Å². The molecule has 0 bridgehead atoms. The van der Waals surface area contributed by atoms with Crippen LogP contribution in [0.3, 0.4) is 0 Å². The van der Waals surface area contributed by atoms with Gasteiger partial charge < -0.3 is 4.74 Å². The summed E-state index contributed by atoms with van der Waals surface area (Å²) in [7, 11) is 0. The number of benzene rings is 1. The van der Waals surface area contributed by atoms with Gasteiger partial charge in [-0.05, 0) is 12.0 Å². The third-order valence-corrected chi connectivity index (χ3v) is 4.59. The average Bonchev–Trinajstić information content (AvgIpc) is 2.66. The van der Waals surface area contributed by atoms with Crippen molar-refractivity contribution in [2.24, 2.45) is 11.3 Å². The van der Waals surface area contributed by atoms with Crippen LogP contribution in [0.1, 0.15) is 12.0 Å². The zero-order valence-electron chi connectivity index (χ0n) is 8.85. The van der Waals surface area contributed by atoms with Crippen LogP contribution in [0.5, 0.6) is 0 Å². The topological polar surface area (TPSA) is 26.3 Å². The Bertz CT molecular complexity index is 505. The lowest BCUT2D eigenvalue weighted by molar-refractivity contribution is -0.142. The molecule has 1 aromatic rings. The zero-order chi connectivity index (χ0) is 10.8. The van der Waals surface area contributed by atoms with Crippen molar-refractivity contribution >= 4 is 5.97 Å². The van der Waals surface area contributed by atoms with Gasteiger partial charge in [-0.25, -0.2) is 0 Å². The number of allylic oxidation sites excluding steroid dienone is 2. The summed E-state index contributed by atoms with van der Waals surface area (Å²) in [6.07, 6.45) is 5.37. The molecule has 0 amide bonds. The van der Waals surface area contributed by atoms with Gasteiger partial charge in [0.25, 0.3) is 0 Å². The molecule has 1 spiro atoms. The zero-order valence-corrected chi connectivity index (χ0v) is 8.85. The van der Waals surface area contributed by atoms with Crippen LogP contribution < -0.4 is 0 Å². The smallest absolute Gasteiger partial charge is 0.317 e. The highest BCUT2D eigenvalue weighted by atomic mass is 16.5. The molecule has 3 atom stereocenters. The third kappa shape index (κ3) is 0.639. The molecule has 3 aliphatic rings. The van der Waals surface area contributed by atoms with Crippen LogP contribution in [-0.4, -0.2) is 12.6 Å². The molecule has 2 aliphatic carbocycles. The quantitative estimate of drug-likeness (QED) is 0.526. The number of hydrogen-bond donors (Lipinski definition) is 0. The maximum absolute atomic E-state index is 12.1. The second-order valence-corrected chi connectivity index (χ2v) is 5.02. The first-order chi connectivity index (χ1) is 7.82. The Morgan fingerprint density at radius 2 is 2.06 bits per heavy atom. The standard InChI is InChI=1S/C14H12O2/c15-12-14(10-5-2-1-3-6-10)11-7-4-8-13(11,14)9-16-12/h1-7,11H,8-9H2. The number of hydrogen-bond acceptors (Lipinski definition) is 2. The van der Waals surface area contributed by atoms with Crippen molar-refractivity contribution in [2.75, 3.05) is 6.61 Å². The first-order valence-electron chi connectivity index (χ1n) is 5.72. The summed E-state index contributed by atoms with van der Waals surface area (Å²) in [5.74, 6) is 0.358. The third-order valence-electron chi connectivity index (χ3n) is 4.59. The molecular formula is C14H12O2. The largest absolute Gasteiger partial charge is 0.464 e. The van der Waals surface area contributed by atoms with E-state index in [9.17, 15) is 4.79 Å². The minimum atomic E-state index is -0.344. The Morgan fingerprint density at radius 3 is 2.81 bits per heavy atom. The van der Waals surface area contributed by atoms with Gasteiger partial charge in [-0.1, -0.05) is 42.5 Å². The summed E-state index contributed by atoms with van der Waals surface area (Å²) in [6.45, 7) is 0.596. The average molecular weight is 212 g/mol. The molecule has 3 unspecified atom stereocenters. The molecule has 2 nitrogen and oxygen atoms in total. The van der Waals surface area contributed by atoms with Crippen molar-refractivity contribution in [3.63, 3.8) is 0 Å². The summed E-state index contributed by atoms with van der Waals surface area (Å²) >= 11 is 0. The Labute approximate surface area is 93.9 Å². The first kappa shape index (κ1) is 8.57. The van der Waals surface area contributed by atoms with Crippen molar-refractivity contribution in [1.29, 1.82) is 0 Å². The molecule has 1 heterocycles. The number of carbonyl (C=O) groups is 1. The fourth-order valence-electron chi connectivity index (χ4n) is 3.85. The molecule has 1 saturated carbocycles. The van der Waals surface area contributed by atoms with E-state index in [1.165, 1.54) is 0 Å². The van der Waals surface area contributed by atoms with Crippen molar-refractivity contribution in [3.05, 3.63) is 48.0 Å². The lowest BCUT2D eigenvalue weighted by Gasteiger charge is -2.13. The molecule has 16 heavy (non-hydrogen) atoms. The number of fused-ring (bicyclic) bond motifs is 1. The van der Waals surface area contributed by atoms with Gasteiger partial charge in [-0.2, -0.15) is 0 Å². The fourth-order valence-corrected chi connectivity index (χ4v) is 3.85. The number of cyclic esters (lactones) is 1. The van der Waals surface area contributed by atoms with Gasteiger partial charge >= 0.3 is 5.97 Å². The van der Waals surface area contributed by atoms with E-state index >= 15 is 0 Å². The molecule has 0 N–H and O–H groups in total. The van der Waals surface area contributed by atoms with Crippen LogP contribution >= 0.6 is 0 Å². The van der Waals surface area contributed by atoms with Gasteiger partial charge in [0.15, 0.2) is 0 Å². The van der Waals surface area contributed by atoms with E-state index in [2.05, 4.69) is 24.3 Å². The minimum Gasteiger partial charge on any atom is -0.464 e. The minimum absolute atomic E-state index is 0.0203. The van der Waals surface area contributed by atoms with E-state index in [0.29, 0.717) is 12.5 Å². The van der Waals surface area contributed by atoms with Gasteiger partial charge in [-0.3, -0.25) is 4.79 Å². The molecule has 2 fully saturated rings. The lowest BCUT2D eigenvalue weighted by atomic mass is 9.85. The Morgan fingerprint density at radius 1 is 1.25 bits per heavy atom. The van der Waals surface area contributed by atoms with Crippen molar-refractivity contribution in [3.8, 4) is 0 Å².